The number of benzene rings is 10. The van der Waals surface area contributed by atoms with E-state index in [0.717, 1.165) is 44.6 Å². The molecule has 0 saturated heterocycles. The molecule has 13 aromatic rings. The van der Waals surface area contributed by atoms with Crippen molar-refractivity contribution < 1.29 is 0 Å². The van der Waals surface area contributed by atoms with Crippen molar-refractivity contribution in [1.29, 1.82) is 0 Å². The highest BCUT2D eigenvalue weighted by molar-refractivity contribution is 6.38. The summed E-state index contributed by atoms with van der Waals surface area (Å²) in [6.45, 7) is 0. The first-order valence-electron chi connectivity index (χ1n) is 21.7. The van der Waals surface area contributed by atoms with Gasteiger partial charge in [0.05, 0.1) is 22.1 Å². The van der Waals surface area contributed by atoms with Gasteiger partial charge in [0.15, 0.2) is 17.5 Å². The van der Waals surface area contributed by atoms with E-state index in [-0.39, 0.29) is 0 Å². The Hall–Kier alpha value is -8.67. The van der Waals surface area contributed by atoms with Gasteiger partial charge in [-0.3, -0.25) is 0 Å². The van der Waals surface area contributed by atoms with Crippen LogP contribution < -0.4 is 0 Å². The van der Waals surface area contributed by atoms with Crippen molar-refractivity contribution >= 4 is 65.2 Å². The van der Waals surface area contributed by atoms with Crippen LogP contribution in [-0.4, -0.2) is 24.1 Å². The van der Waals surface area contributed by atoms with Crippen molar-refractivity contribution in [1.82, 2.24) is 24.1 Å². The number of fused-ring (bicyclic) bond motifs is 12. The molecule has 0 aliphatic heterocycles. The highest BCUT2D eigenvalue weighted by Gasteiger charge is 2.24. The Labute approximate surface area is 368 Å². The molecular formula is C59H37N5. The lowest BCUT2D eigenvalue weighted by Crippen LogP contribution is -2.01. The second-order valence-corrected chi connectivity index (χ2v) is 16.4. The third kappa shape index (κ3) is 5.61. The van der Waals surface area contributed by atoms with Gasteiger partial charge in [0.2, 0.25) is 0 Å². The minimum Gasteiger partial charge on any atom is -0.309 e. The number of para-hydroxylation sites is 1. The molecule has 0 unspecified atom stereocenters. The normalized spacial score (nSPS) is 11.8. The molecule has 0 saturated carbocycles. The molecule has 0 spiro atoms. The van der Waals surface area contributed by atoms with Gasteiger partial charge in [-0.1, -0.05) is 182 Å². The summed E-state index contributed by atoms with van der Waals surface area (Å²) >= 11 is 0. The van der Waals surface area contributed by atoms with E-state index >= 15 is 0 Å². The Morgan fingerprint density at radius 1 is 0.250 bits per heavy atom. The summed E-state index contributed by atoms with van der Waals surface area (Å²) in [6, 6.07) is 79.9. The molecule has 3 aromatic heterocycles. The monoisotopic (exact) mass is 815 g/mol. The highest BCUT2D eigenvalue weighted by Crippen LogP contribution is 2.47. The van der Waals surface area contributed by atoms with Gasteiger partial charge < -0.3 is 9.13 Å². The molecule has 0 amide bonds. The van der Waals surface area contributed by atoms with E-state index < -0.39 is 0 Å². The molecule has 13 rings (SSSR count). The van der Waals surface area contributed by atoms with Crippen molar-refractivity contribution in [3.8, 4) is 56.7 Å². The van der Waals surface area contributed by atoms with Crippen LogP contribution in [-0.2, 0) is 0 Å². The summed E-state index contributed by atoms with van der Waals surface area (Å²) in [4.78, 5) is 15.2. The van der Waals surface area contributed by atoms with Crippen LogP contribution in [0.3, 0.4) is 0 Å². The van der Waals surface area contributed by atoms with Crippen molar-refractivity contribution in [2.24, 2.45) is 0 Å². The first-order valence-corrected chi connectivity index (χ1v) is 21.7. The molecule has 64 heavy (non-hydrogen) atoms. The van der Waals surface area contributed by atoms with Gasteiger partial charge in [0, 0.05) is 55.0 Å². The van der Waals surface area contributed by atoms with Gasteiger partial charge in [-0.2, -0.15) is 0 Å². The van der Waals surface area contributed by atoms with Crippen molar-refractivity contribution in [2.45, 2.75) is 0 Å². The molecule has 298 valence electrons. The van der Waals surface area contributed by atoms with Gasteiger partial charge in [0.1, 0.15) is 0 Å². The fourth-order valence-electron chi connectivity index (χ4n) is 9.94. The lowest BCUT2D eigenvalue weighted by molar-refractivity contribution is 1.07. The number of nitrogens with zero attached hydrogens (tertiary/aromatic N) is 5. The number of rotatable bonds is 6. The summed E-state index contributed by atoms with van der Waals surface area (Å²) in [6.07, 6.45) is 0. The Kier molecular flexibility index (Phi) is 8.15. The molecule has 10 aromatic carbocycles. The Morgan fingerprint density at radius 3 is 1.33 bits per heavy atom. The van der Waals surface area contributed by atoms with Crippen molar-refractivity contribution in [2.75, 3.05) is 0 Å². The van der Waals surface area contributed by atoms with Crippen LogP contribution >= 0.6 is 0 Å². The van der Waals surface area contributed by atoms with E-state index in [9.17, 15) is 0 Å². The first kappa shape index (κ1) is 36.0. The Morgan fingerprint density at radius 2 is 0.688 bits per heavy atom. The maximum Gasteiger partial charge on any atom is 0.164 e. The SMILES string of the molecule is c1ccc(-c2cccc(-n3c4ccc5c(c6ccccc6n5-c5cccc(-c6nc(-c7ccccc7)nc(-c7ccccc7)n6)c5)c4c4c5ccccc5c5ccccc5c43)c2)cc1. The van der Waals surface area contributed by atoms with E-state index in [2.05, 4.69) is 173 Å². The molecule has 0 fully saturated rings. The lowest BCUT2D eigenvalue weighted by Gasteiger charge is -2.13. The average Bonchev–Trinajstić information content (AvgIpc) is 3.91. The van der Waals surface area contributed by atoms with Gasteiger partial charge >= 0.3 is 0 Å². The molecule has 0 N–H and O–H groups in total. The zero-order valence-electron chi connectivity index (χ0n) is 34.6. The van der Waals surface area contributed by atoms with Crippen LogP contribution in [0.2, 0.25) is 0 Å². The topological polar surface area (TPSA) is 48.5 Å². The molecule has 5 nitrogen and oxygen atoms in total. The van der Waals surface area contributed by atoms with Gasteiger partial charge in [-0.15, -0.1) is 0 Å². The summed E-state index contributed by atoms with van der Waals surface area (Å²) in [5.41, 5.74) is 12.0. The zero-order chi connectivity index (χ0) is 42.1. The molecule has 0 radical (unpaired) electrons. The quantitative estimate of drug-likeness (QED) is 0.157. The first-order chi connectivity index (χ1) is 31.8. The van der Waals surface area contributed by atoms with Crippen LogP contribution in [0, 0.1) is 0 Å². The van der Waals surface area contributed by atoms with Gasteiger partial charge in [0.25, 0.3) is 0 Å². The summed E-state index contributed by atoms with van der Waals surface area (Å²) < 4.78 is 4.92. The second-order valence-electron chi connectivity index (χ2n) is 16.4. The Balaban J connectivity index is 1.11. The van der Waals surface area contributed by atoms with Crippen LogP contribution in [0.25, 0.3) is 122 Å². The maximum absolute atomic E-state index is 5.10. The fraction of sp³-hybridized carbons (Fsp3) is 0. The van der Waals surface area contributed by atoms with E-state index in [1.807, 2.05) is 60.7 Å². The Bertz CT molecular complexity index is 3890. The average molecular weight is 816 g/mol. The predicted molar refractivity (Wildman–Crippen MR) is 265 cm³/mol. The molecule has 0 aliphatic rings. The highest BCUT2D eigenvalue weighted by atomic mass is 15.0. The predicted octanol–water partition coefficient (Wildman–Crippen LogP) is 15.0. The molecule has 0 atom stereocenters. The summed E-state index contributed by atoms with van der Waals surface area (Å²) in [5.74, 6) is 1.90. The van der Waals surface area contributed by atoms with E-state index in [4.69, 9.17) is 15.0 Å². The molecule has 0 bridgehead atoms. The van der Waals surface area contributed by atoms with Gasteiger partial charge in [-0.25, -0.2) is 15.0 Å². The van der Waals surface area contributed by atoms with Crippen LogP contribution in [0.15, 0.2) is 224 Å². The van der Waals surface area contributed by atoms with E-state index in [1.165, 1.54) is 59.7 Å². The molecule has 3 heterocycles. The summed E-state index contributed by atoms with van der Waals surface area (Å²) in [7, 11) is 0. The van der Waals surface area contributed by atoms with Crippen LogP contribution in [0.4, 0.5) is 0 Å². The van der Waals surface area contributed by atoms with Crippen molar-refractivity contribution in [3.05, 3.63) is 224 Å². The molecule has 5 heteroatoms. The minimum absolute atomic E-state index is 0.622. The smallest absolute Gasteiger partial charge is 0.164 e. The lowest BCUT2D eigenvalue weighted by atomic mass is 9.95. The molecule has 0 aliphatic carbocycles. The second kappa shape index (κ2) is 14.5. The number of aromatic nitrogens is 5. The standard InChI is InChI=1S/C59H37N5/c1-4-18-38(19-5-1)41-24-16-27-44(36-41)64-52-35-34-51-53(55(52)54-47-30-12-10-28-45(47)46-29-11-13-31-48(46)56(54)64)49-32-14-15-33-50(49)63(51)43-26-17-25-42(37-43)59-61-57(39-20-6-2-7-21-39)60-58(62-59)40-22-8-3-9-23-40/h1-37H. The van der Waals surface area contributed by atoms with Crippen molar-refractivity contribution in [3.63, 3.8) is 0 Å². The van der Waals surface area contributed by atoms with Crippen LogP contribution in [0.5, 0.6) is 0 Å². The van der Waals surface area contributed by atoms with Gasteiger partial charge in [-0.05, 0) is 69.8 Å². The van der Waals surface area contributed by atoms with E-state index in [1.54, 1.807) is 0 Å². The maximum atomic E-state index is 5.10. The largest absolute Gasteiger partial charge is 0.309 e. The van der Waals surface area contributed by atoms with E-state index in [0.29, 0.717) is 17.5 Å². The zero-order valence-corrected chi connectivity index (χ0v) is 34.6. The van der Waals surface area contributed by atoms with Crippen LogP contribution in [0.1, 0.15) is 0 Å². The molecular weight excluding hydrogens is 779 g/mol. The minimum atomic E-state index is 0.622. The summed E-state index contributed by atoms with van der Waals surface area (Å²) in [5, 5.41) is 9.87. The number of hydrogen-bond acceptors (Lipinski definition) is 3. The third-order valence-corrected chi connectivity index (χ3v) is 12.7. The number of hydrogen-bond donors (Lipinski definition) is 0. The fourth-order valence-corrected chi connectivity index (χ4v) is 9.94. The third-order valence-electron chi connectivity index (χ3n) is 12.7.